The van der Waals surface area contributed by atoms with E-state index in [0.29, 0.717) is 23.5 Å². The first-order valence-corrected chi connectivity index (χ1v) is 10.4. The van der Waals surface area contributed by atoms with E-state index in [4.69, 9.17) is 18.1 Å². The van der Waals surface area contributed by atoms with Crippen molar-refractivity contribution in [2.75, 3.05) is 33.3 Å². The number of halogens is 1. The number of ketones is 1. The molecule has 2 heterocycles. The van der Waals surface area contributed by atoms with Gasteiger partial charge in [-0.05, 0) is 69.6 Å². The van der Waals surface area contributed by atoms with Gasteiger partial charge in [0.1, 0.15) is 5.82 Å². The van der Waals surface area contributed by atoms with Crippen LogP contribution in [-0.2, 0) is 0 Å². The van der Waals surface area contributed by atoms with Crippen LogP contribution in [0.15, 0.2) is 40.9 Å². The first kappa shape index (κ1) is 17.7. The second-order valence-electron chi connectivity index (χ2n) is 7.85. The highest BCUT2D eigenvalue weighted by atomic mass is 19.1. The van der Waals surface area contributed by atoms with Crippen molar-refractivity contribution in [1.82, 2.24) is 10.1 Å². The van der Waals surface area contributed by atoms with Gasteiger partial charge in [-0.25, -0.2) is 4.39 Å². The van der Waals surface area contributed by atoms with Crippen molar-refractivity contribution in [3.8, 4) is 11.5 Å². The van der Waals surface area contributed by atoms with Crippen LogP contribution in [0.25, 0.3) is 11.0 Å². The summed E-state index contributed by atoms with van der Waals surface area (Å²) in [6.07, 6.45) is 2.62. The number of nitrogens with zero attached hydrogens (tertiary/aromatic N) is 2. The molecule has 164 valence electrons. The van der Waals surface area contributed by atoms with Crippen LogP contribution in [0.2, 0.25) is 0 Å². The normalized spacial score (nSPS) is 17.2. The fourth-order valence-corrected chi connectivity index (χ4v) is 4.05. The predicted molar refractivity (Wildman–Crippen MR) is 115 cm³/mol. The summed E-state index contributed by atoms with van der Waals surface area (Å²) in [6, 6.07) is 9.09. The SMILES string of the molecule is [2H]C([2H])([2H])Oc1cc(C(C)=O)ccc1OCCCN1CCC(c2noc3cc(F)ccc23)CC1. The van der Waals surface area contributed by atoms with Gasteiger partial charge in [-0.2, -0.15) is 0 Å². The Balaban J connectivity index is 1.27. The van der Waals surface area contributed by atoms with E-state index in [0.717, 1.165) is 50.0 Å². The molecule has 1 saturated heterocycles. The number of Topliss-reactive ketones (excluding diaryl/α,β-unsaturated/α-hetero) is 1. The first-order valence-electron chi connectivity index (χ1n) is 11.9. The summed E-state index contributed by atoms with van der Waals surface area (Å²) in [6.45, 7) is 4.43. The Bertz CT molecular complexity index is 1160. The molecule has 7 heteroatoms. The lowest BCUT2D eigenvalue weighted by molar-refractivity contribution is 0.101. The zero-order valence-electron chi connectivity index (χ0n) is 20.4. The van der Waals surface area contributed by atoms with Crippen LogP contribution in [0.1, 0.15) is 52.3 Å². The van der Waals surface area contributed by atoms with Gasteiger partial charge in [0, 0.05) is 29.5 Å². The second-order valence-corrected chi connectivity index (χ2v) is 7.85. The number of methoxy groups -OCH3 is 1. The molecule has 0 radical (unpaired) electrons. The van der Waals surface area contributed by atoms with Gasteiger partial charge in [0.25, 0.3) is 0 Å². The summed E-state index contributed by atoms with van der Waals surface area (Å²) < 4.78 is 51.6. The lowest BCUT2D eigenvalue weighted by Gasteiger charge is -2.31. The van der Waals surface area contributed by atoms with Crippen LogP contribution in [0, 0.1) is 5.82 Å². The van der Waals surface area contributed by atoms with Gasteiger partial charge in [0.2, 0.25) is 0 Å². The monoisotopic (exact) mass is 429 g/mol. The molecule has 0 atom stereocenters. The number of benzene rings is 2. The minimum absolute atomic E-state index is 0.0354. The number of carbonyl (C=O) groups is 1. The highest BCUT2D eigenvalue weighted by Gasteiger charge is 2.25. The van der Waals surface area contributed by atoms with E-state index in [9.17, 15) is 9.18 Å². The maximum absolute atomic E-state index is 13.4. The van der Waals surface area contributed by atoms with Crippen LogP contribution >= 0.6 is 0 Å². The van der Waals surface area contributed by atoms with Crippen LogP contribution < -0.4 is 9.47 Å². The Morgan fingerprint density at radius 1 is 1.26 bits per heavy atom. The third-order valence-corrected chi connectivity index (χ3v) is 5.77. The fraction of sp³-hybridized carbons (Fsp3) is 0.417. The molecule has 0 bridgehead atoms. The highest BCUT2D eigenvalue weighted by molar-refractivity contribution is 5.94. The molecule has 0 spiro atoms. The van der Waals surface area contributed by atoms with Crippen LogP contribution in [0.3, 0.4) is 0 Å². The van der Waals surface area contributed by atoms with Crippen LogP contribution in [0.5, 0.6) is 11.5 Å². The molecule has 1 fully saturated rings. The van der Waals surface area contributed by atoms with Gasteiger partial charge < -0.3 is 18.9 Å². The van der Waals surface area contributed by atoms with Crippen LogP contribution in [0.4, 0.5) is 4.39 Å². The summed E-state index contributed by atoms with van der Waals surface area (Å²) >= 11 is 0. The third-order valence-electron chi connectivity index (χ3n) is 5.77. The van der Waals surface area contributed by atoms with Crippen LogP contribution in [-0.4, -0.2) is 49.1 Å². The quantitative estimate of drug-likeness (QED) is 0.378. The maximum atomic E-state index is 13.4. The topological polar surface area (TPSA) is 64.8 Å². The summed E-state index contributed by atoms with van der Waals surface area (Å²) in [5.74, 6) is 0.0938. The molecule has 1 aromatic heterocycles. The molecule has 31 heavy (non-hydrogen) atoms. The molecular weight excluding hydrogens is 399 g/mol. The predicted octanol–water partition coefficient (Wildman–Crippen LogP) is 4.83. The number of carbonyl (C=O) groups excluding carboxylic acids is 1. The number of ether oxygens (including phenoxy) is 2. The number of aromatic nitrogens is 1. The average molecular weight is 430 g/mol. The van der Waals surface area contributed by atoms with E-state index < -0.39 is 7.04 Å². The summed E-state index contributed by atoms with van der Waals surface area (Å²) in [7, 11) is -2.64. The third kappa shape index (κ3) is 4.88. The minimum atomic E-state index is -2.64. The van der Waals surface area contributed by atoms with Gasteiger partial charge in [-0.1, -0.05) is 5.16 Å². The molecular formula is C24H27FN2O4. The summed E-state index contributed by atoms with van der Waals surface area (Å²) in [4.78, 5) is 14.0. The highest BCUT2D eigenvalue weighted by Crippen LogP contribution is 2.33. The van der Waals surface area contributed by atoms with Crippen molar-refractivity contribution in [2.24, 2.45) is 0 Å². The molecule has 0 amide bonds. The number of fused-ring (bicyclic) bond motifs is 1. The maximum Gasteiger partial charge on any atom is 0.170 e. The zero-order valence-corrected chi connectivity index (χ0v) is 17.4. The van der Waals surface area contributed by atoms with E-state index in [-0.39, 0.29) is 23.3 Å². The van der Waals surface area contributed by atoms with Gasteiger partial charge in [-0.3, -0.25) is 4.79 Å². The Labute approximate surface area is 185 Å². The molecule has 0 unspecified atom stereocenters. The van der Waals surface area contributed by atoms with Crippen molar-refractivity contribution < 1.29 is 27.3 Å². The zero-order chi connectivity index (χ0) is 24.3. The summed E-state index contributed by atoms with van der Waals surface area (Å²) in [5, 5.41) is 5.07. The summed E-state index contributed by atoms with van der Waals surface area (Å²) in [5.41, 5.74) is 1.74. The minimum Gasteiger partial charge on any atom is -0.493 e. The number of hydrogen-bond donors (Lipinski definition) is 0. The average Bonchev–Trinajstić information content (AvgIpc) is 3.19. The van der Waals surface area contributed by atoms with Crippen molar-refractivity contribution >= 4 is 16.8 Å². The lowest BCUT2D eigenvalue weighted by Crippen LogP contribution is -2.34. The second kappa shape index (κ2) is 9.47. The molecule has 6 nitrogen and oxygen atoms in total. The van der Waals surface area contributed by atoms with E-state index in [1.165, 1.54) is 25.1 Å². The molecule has 2 aromatic carbocycles. The van der Waals surface area contributed by atoms with Crippen molar-refractivity contribution in [1.29, 1.82) is 0 Å². The number of rotatable bonds is 8. The largest absolute Gasteiger partial charge is 0.493 e. The first-order chi connectivity index (χ1) is 16.2. The Morgan fingerprint density at radius 2 is 2.10 bits per heavy atom. The van der Waals surface area contributed by atoms with E-state index in [2.05, 4.69) is 10.1 Å². The van der Waals surface area contributed by atoms with E-state index in [1.807, 2.05) is 0 Å². The smallest absolute Gasteiger partial charge is 0.170 e. The van der Waals surface area contributed by atoms with Crippen molar-refractivity contribution in [2.45, 2.75) is 32.1 Å². The van der Waals surface area contributed by atoms with Crippen molar-refractivity contribution in [3.05, 3.63) is 53.5 Å². The van der Waals surface area contributed by atoms with Gasteiger partial charge in [-0.15, -0.1) is 0 Å². The Hall–Kier alpha value is -2.93. The van der Waals surface area contributed by atoms with Gasteiger partial charge in [0.15, 0.2) is 22.9 Å². The molecule has 3 aromatic rings. The molecule has 0 N–H and O–H groups in total. The lowest BCUT2D eigenvalue weighted by atomic mass is 9.91. The number of piperidine rings is 1. The van der Waals surface area contributed by atoms with Gasteiger partial charge >= 0.3 is 0 Å². The number of hydrogen-bond acceptors (Lipinski definition) is 6. The molecule has 1 aliphatic rings. The fourth-order valence-electron chi connectivity index (χ4n) is 4.05. The molecule has 0 saturated carbocycles. The molecule has 1 aliphatic heterocycles. The molecule has 0 aliphatic carbocycles. The van der Waals surface area contributed by atoms with Gasteiger partial charge in [0.05, 0.1) is 23.5 Å². The standard InChI is InChI=1S/C24H27FN2O4/c1-16(28)18-4-7-21(23(14-18)29-2)30-13-3-10-27-11-8-17(9-12-27)24-20-6-5-19(25)15-22(20)31-26-24/h4-7,14-15,17H,3,8-13H2,1-2H3/i2D3. The van der Waals surface area contributed by atoms with E-state index >= 15 is 0 Å². The van der Waals surface area contributed by atoms with E-state index in [1.54, 1.807) is 18.2 Å². The van der Waals surface area contributed by atoms with Crippen molar-refractivity contribution in [3.63, 3.8) is 0 Å². The molecule has 4 rings (SSSR count). The Morgan fingerprint density at radius 3 is 2.87 bits per heavy atom. The Kier molecular flexibility index (Phi) is 5.41. The number of likely N-dealkylation sites (tertiary alicyclic amines) is 1.